The summed E-state index contributed by atoms with van der Waals surface area (Å²) in [7, 11) is 0. The molecular formula is C93H96N2. The zero-order chi connectivity index (χ0) is 67.1. The third-order valence-electron chi connectivity index (χ3n) is 20.9. The average Bonchev–Trinajstić information content (AvgIpc) is 0.690. The summed E-state index contributed by atoms with van der Waals surface area (Å²) in [5, 5.41) is 0. The van der Waals surface area contributed by atoms with Crippen molar-refractivity contribution in [3.05, 3.63) is 308 Å². The van der Waals surface area contributed by atoms with Gasteiger partial charge in [-0.2, -0.15) is 0 Å². The van der Waals surface area contributed by atoms with Crippen LogP contribution < -0.4 is 9.80 Å². The fourth-order valence-corrected chi connectivity index (χ4v) is 15.2. The second-order valence-electron chi connectivity index (χ2n) is 33.9. The van der Waals surface area contributed by atoms with Crippen LogP contribution in [-0.4, -0.2) is 0 Å². The maximum Gasteiger partial charge on any atom is 0.0540 e. The Labute approximate surface area is 568 Å². The van der Waals surface area contributed by atoms with Crippen molar-refractivity contribution < 1.29 is 0 Å². The van der Waals surface area contributed by atoms with E-state index in [0.29, 0.717) is 0 Å². The molecule has 2 heteroatoms. The predicted octanol–water partition coefficient (Wildman–Crippen LogP) is 26.0. The molecule has 11 aromatic rings. The predicted molar refractivity (Wildman–Crippen MR) is 407 cm³/mol. The van der Waals surface area contributed by atoms with Crippen LogP contribution in [0.5, 0.6) is 0 Å². The Morgan fingerprint density at radius 2 is 0.589 bits per heavy atom. The smallest absolute Gasteiger partial charge is 0.0540 e. The quantitative estimate of drug-likeness (QED) is 0.157. The van der Waals surface area contributed by atoms with Crippen molar-refractivity contribution in [2.75, 3.05) is 9.80 Å². The first-order chi connectivity index (χ1) is 44.9. The highest BCUT2D eigenvalue weighted by atomic mass is 15.2. The van der Waals surface area contributed by atoms with Crippen LogP contribution in [0, 0.1) is 0 Å². The third-order valence-corrected chi connectivity index (χ3v) is 20.9. The standard InChI is InChI=1S/C93H96N2/c1-88(2,3)67-39-43-79(77(56-67)58-29-21-19-22-30-58)94-81-50-60(64-46-69(90(7,8)9)54-70(47-64)91(10,11)12)37-41-75(81)86-76-42-38-61(65-48-71(92(13,14)15)55-72(49-65)93(16,17)18)51-82(76)95(80-44-40-68(89(4,5)6)57-78(80)59-31-23-20-24-32-59)84-53-66(52-83(94)87(84)86)85-73-35-27-25-33-62(73)45-63-34-26-28-36-74(63)85/h19-44,46-57,85-86H,45H2,1-18H3. The van der Waals surface area contributed by atoms with E-state index in [1.54, 1.807) is 0 Å². The van der Waals surface area contributed by atoms with Gasteiger partial charge in [0.1, 0.15) is 0 Å². The van der Waals surface area contributed by atoms with Crippen molar-refractivity contribution in [1.82, 2.24) is 0 Å². The summed E-state index contributed by atoms with van der Waals surface area (Å²) >= 11 is 0. The molecule has 0 atom stereocenters. The van der Waals surface area contributed by atoms with Crippen molar-refractivity contribution in [2.24, 2.45) is 0 Å². The van der Waals surface area contributed by atoms with Crippen LogP contribution in [0.2, 0.25) is 0 Å². The van der Waals surface area contributed by atoms with E-state index in [0.717, 1.165) is 17.8 Å². The highest BCUT2D eigenvalue weighted by molar-refractivity contribution is 6.02. The molecule has 0 bridgehead atoms. The lowest BCUT2D eigenvalue weighted by molar-refractivity contribution is 0.568. The maximum absolute atomic E-state index is 2.72. The minimum Gasteiger partial charge on any atom is -0.309 e. The van der Waals surface area contributed by atoms with Gasteiger partial charge in [0.25, 0.3) is 0 Å². The number of fused-ring (bicyclic) bond motifs is 6. The first-order valence-corrected chi connectivity index (χ1v) is 34.8. The van der Waals surface area contributed by atoms with E-state index in [1.165, 1.54) is 145 Å². The molecule has 2 heterocycles. The molecule has 0 saturated heterocycles. The first-order valence-electron chi connectivity index (χ1n) is 34.8. The molecule has 95 heavy (non-hydrogen) atoms. The lowest BCUT2D eigenvalue weighted by Crippen LogP contribution is -2.30. The van der Waals surface area contributed by atoms with E-state index in [2.05, 4.69) is 365 Å². The van der Waals surface area contributed by atoms with Crippen molar-refractivity contribution in [2.45, 2.75) is 175 Å². The zero-order valence-corrected chi connectivity index (χ0v) is 59.7. The fraction of sp³-hybridized carbons (Fsp3) is 0.290. The normalized spacial score (nSPS) is 14.3. The molecule has 2 aliphatic heterocycles. The molecule has 478 valence electrons. The highest BCUT2D eigenvalue weighted by Gasteiger charge is 2.44. The molecule has 0 saturated carbocycles. The number of nitrogens with zero attached hydrogens (tertiary/aromatic N) is 2. The van der Waals surface area contributed by atoms with Crippen LogP contribution in [0.15, 0.2) is 231 Å². The van der Waals surface area contributed by atoms with Crippen LogP contribution >= 0.6 is 0 Å². The molecule has 0 aromatic heterocycles. The van der Waals surface area contributed by atoms with Gasteiger partial charge >= 0.3 is 0 Å². The first kappa shape index (κ1) is 63.4. The summed E-state index contributed by atoms with van der Waals surface area (Å²) in [6.45, 7) is 42.4. The molecule has 0 N–H and O–H groups in total. The lowest BCUT2D eigenvalue weighted by Gasteiger charge is -2.47. The van der Waals surface area contributed by atoms with E-state index in [1.807, 2.05) is 0 Å². The van der Waals surface area contributed by atoms with Gasteiger partial charge in [-0.05, 0) is 193 Å². The largest absolute Gasteiger partial charge is 0.309 e. The van der Waals surface area contributed by atoms with Gasteiger partial charge in [-0.3, -0.25) is 0 Å². The lowest BCUT2D eigenvalue weighted by atomic mass is 9.71. The summed E-state index contributed by atoms with van der Waals surface area (Å²) in [6, 6.07) is 90.9. The summed E-state index contributed by atoms with van der Waals surface area (Å²) in [4.78, 5) is 5.44. The van der Waals surface area contributed by atoms with Gasteiger partial charge < -0.3 is 9.80 Å². The van der Waals surface area contributed by atoms with Crippen LogP contribution in [0.25, 0.3) is 44.5 Å². The average molecular weight is 1240 g/mol. The molecule has 3 aliphatic rings. The van der Waals surface area contributed by atoms with Gasteiger partial charge in [-0.25, -0.2) is 0 Å². The van der Waals surface area contributed by atoms with Crippen LogP contribution in [0.3, 0.4) is 0 Å². The molecule has 0 spiro atoms. The van der Waals surface area contributed by atoms with Gasteiger partial charge in [0.15, 0.2) is 0 Å². The van der Waals surface area contributed by atoms with Gasteiger partial charge in [-0.1, -0.05) is 307 Å². The number of hydrogen-bond acceptors (Lipinski definition) is 2. The zero-order valence-electron chi connectivity index (χ0n) is 59.7. The Morgan fingerprint density at radius 1 is 0.242 bits per heavy atom. The van der Waals surface area contributed by atoms with E-state index < -0.39 is 0 Å². The topological polar surface area (TPSA) is 6.48 Å². The molecule has 0 fully saturated rings. The molecular weight excluding hydrogens is 1150 g/mol. The molecule has 2 nitrogen and oxygen atoms in total. The summed E-state index contributed by atoms with van der Waals surface area (Å²) in [5.41, 5.74) is 35.0. The minimum absolute atomic E-state index is 0.0547. The second-order valence-corrected chi connectivity index (χ2v) is 33.9. The van der Waals surface area contributed by atoms with Gasteiger partial charge in [0.05, 0.1) is 34.1 Å². The maximum atomic E-state index is 2.72. The van der Waals surface area contributed by atoms with E-state index in [-0.39, 0.29) is 44.3 Å². The Balaban J connectivity index is 1.17. The summed E-state index contributed by atoms with van der Waals surface area (Å²) < 4.78 is 0. The Kier molecular flexibility index (Phi) is 15.3. The number of benzene rings is 11. The number of anilines is 6. The van der Waals surface area contributed by atoms with Crippen LogP contribution in [0.4, 0.5) is 34.1 Å². The van der Waals surface area contributed by atoms with Crippen molar-refractivity contribution in [1.29, 1.82) is 0 Å². The van der Waals surface area contributed by atoms with Gasteiger partial charge in [-0.15, -0.1) is 0 Å². The SMILES string of the molecule is CC(C)(C)c1cc(-c2ccc3c(c2)N(c2ccc(C(C)(C)C)cc2-c2ccccc2)c2cc(C4c5ccccc5Cc5ccccc54)cc4c2C3c2ccc(-c3cc(C(C)(C)C)cc(C(C)(C)C)c3)cc2N4c2ccc(C(C)(C)C)cc2-c2ccccc2)cc(C(C)(C)C)c1. The second kappa shape index (κ2) is 22.9. The Morgan fingerprint density at radius 3 is 0.947 bits per heavy atom. The Bertz CT molecular complexity index is 4440. The van der Waals surface area contributed by atoms with Crippen molar-refractivity contribution >= 4 is 34.1 Å². The van der Waals surface area contributed by atoms with Crippen LogP contribution in [0.1, 0.15) is 214 Å². The van der Waals surface area contributed by atoms with Crippen molar-refractivity contribution in [3.8, 4) is 44.5 Å². The van der Waals surface area contributed by atoms with Gasteiger partial charge in [0, 0.05) is 28.5 Å². The number of hydrogen-bond donors (Lipinski definition) is 0. The fourth-order valence-electron chi connectivity index (χ4n) is 15.2. The van der Waals surface area contributed by atoms with E-state index in [4.69, 9.17) is 0 Å². The molecule has 0 amide bonds. The summed E-state index contributed by atoms with van der Waals surface area (Å²) in [5.74, 6) is -0.207. The molecule has 0 radical (unpaired) electrons. The summed E-state index contributed by atoms with van der Waals surface area (Å²) in [6.07, 6.45) is 0.898. The Hall–Kier alpha value is -8.98. The van der Waals surface area contributed by atoms with Crippen molar-refractivity contribution in [3.63, 3.8) is 0 Å². The van der Waals surface area contributed by atoms with Gasteiger partial charge in [0.2, 0.25) is 0 Å². The molecule has 11 aromatic carbocycles. The van der Waals surface area contributed by atoms with E-state index >= 15 is 0 Å². The molecule has 14 rings (SSSR count). The minimum atomic E-state index is -0.152. The monoisotopic (exact) mass is 1240 g/mol. The highest BCUT2D eigenvalue weighted by Crippen LogP contribution is 2.64. The van der Waals surface area contributed by atoms with Crippen LogP contribution in [-0.2, 0) is 38.9 Å². The molecule has 1 aliphatic carbocycles. The molecule has 0 unspecified atom stereocenters. The third kappa shape index (κ3) is 11.6. The van der Waals surface area contributed by atoms with E-state index in [9.17, 15) is 0 Å². The number of rotatable bonds is 7.